The molecule has 3 aromatic carbocycles. The lowest BCUT2D eigenvalue weighted by Gasteiger charge is -2.37. The number of halogens is 2. The fraction of sp³-hybridized carbons (Fsp3) is 0.316. The standard InChI is InChI=1S/C38H42Br2N6O4/c39-31-22-27(23-32(40)36(31)48)24-34(43-35(47)25-26-9-11-29(12-10-26)28-6-2-1-3-7-28)37(49)44-33(8-4-5-15-41)38(50)46-20-18-45(19-21-46)30-13-16-42-17-14-30/h1-3,6-7,9-14,16-17,22-23,33-34,48H,4-5,8,15,18-21,24-25,41H2,(H,43,47)(H,44,49)/t33?,34-/m1/s1. The first-order valence-electron chi connectivity index (χ1n) is 16.8. The minimum atomic E-state index is -0.984. The van der Waals surface area contributed by atoms with Gasteiger partial charge in [-0.3, -0.25) is 19.4 Å². The quantitative estimate of drug-likeness (QED) is 0.128. The van der Waals surface area contributed by atoms with E-state index in [-0.39, 0.29) is 30.4 Å². The van der Waals surface area contributed by atoms with E-state index in [9.17, 15) is 19.5 Å². The van der Waals surface area contributed by atoms with Crippen LogP contribution in [0.25, 0.3) is 11.1 Å². The highest BCUT2D eigenvalue weighted by atomic mass is 79.9. The summed E-state index contributed by atoms with van der Waals surface area (Å²) >= 11 is 6.73. The van der Waals surface area contributed by atoms with Gasteiger partial charge >= 0.3 is 0 Å². The molecule has 50 heavy (non-hydrogen) atoms. The number of phenols is 1. The number of phenolic OH excluding ortho intramolecular Hbond substituents is 1. The van der Waals surface area contributed by atoms with Crippen LogP contribution >= 0.6 is 31.9 Å². The van der Waals surface area contributed by atoms with Crippen LogP contribution in [0.3, 0.4) is 0 Å². The van der Waals surface area contributed by atoms with E-state index in [1.807, 2.05) is 66.7 Å². The Balaban J connectivity index is 1.30. The van der Waals surface area contributed by atoms with Gasteiger partial charge in [0.2, 0.25) is 17.7 Å². The predicted molar refractivity (Wildman–Crippen MR) is 203 cm³/mol. The van der Waals surface area contributed by atoms with Crippen LogP contribution in [0.1, 0.15) is 30.4 Å². The summed E-state index contributed by atoms with van der Waals surface area (Å²) in [4.78, 5) is 49.5. The molecule has 2 atom stereocenters. The lowest BCUT2D eigenvalue weighted by Crippen LogP contribution is -2.58. The topological polar surface area (TPSA) is 141 Å². The summed E-state index contributed by atoms with van der Waals surface area (Å²) in [6.45, 7) is 2.84. The number of anilines is 1. The number of piperazine rings is 1. The number of aromatic nitrogens is 1. The molecule has 1 saturated heterocycles. The first kappa shape index (κ1) is 37.0. The van der Waals surface area contributed by atoms with E-state index in [4.69, 9.17) is 5.73 Å². The van der Waals surface area contributed by atoms with Gasteiger partial charge in [-0.25, -0.2) is 0 Å². The van der Waals surface area contributed by atoms with Crippen LogP contribution in [0.2, 0.25) is 0 Å². The van der Waals surface area contributed by atoms with Gasteiger partial charge in [-0.15, -0.1) is 0 Å². The number of benzene rings is 3. The zero-order valence-electron chi connectivity index (χ0n) is 27.7. The molecule has 3 amide bonds. The molecule has 12 heteroatoms. The van der Waals surface area contributed by atoms with Gasteiger partial charge in [-0.1, -0.05) is 54.6 Å². The number of hydrogen-bond donors (Lipinski definition) is 4. The molecular formula is C38H42Br2N6O4. The molecule has 2 heterocycles. The summed E-state index contributed by atoms with van der Waals surface area (Å²) in [6, 6.07) is 23.3. The highest BCUT2D eigenvalue weighted by Gasteiger charge is 2.31. The van der Waals surface area contributed by atoms with Crippen molar-refractivity contribution in [1.82, 2.24) is 20.5 Å². The second kappa shape index (κ2) is 18.1. The zero-order valence-corrected chi connectivity index (χ0v) is 30.9. The van der Waals surface area contributed by atoms with E-state index >= 15 is 0 Å². The van der Waals surface area contributed by atoms with E-state index in [1.54, 1.807) is 29.4 Å². The maximum Gasteiger partial charge on any atom is 0.245 e. The number of aromatic hydroxyl groups is 1. The van der Waals surface area contributed by atoms with Crippen molar-refractivity contribution in [3.8, 4) is 16.9 Å². The van der Waals surface area contributed by atoms with E-state index in [0.29, 0.717) is 66.5 Å². The van der Waals surface area contributed by atoms with Crippen molar-refractivity contribution >= 4 is 55.3 Å². The highest BCUT2D eigenvalue weighted by Crippen LogP contribution is 2.33. The van der Waals surface area contributed by atoms with Crippen molar-refractivity contribution in [2.24, 2.45) is 5.73 Å². The molecule has 1 unspecified atom stereocenters. The van der Waals surface area contributed by atoms with Gasteiger partial charge in [-0.05, 0) is 104 Å². The number of hydrogen-bond acceptors (Lipinski definition) is 7. The molecule has 5 rings (SSSR count). The number of carbonyl (C=O) groups is 3. The molecule has 4 aromatic rings. The fourth-order valence-corrected chi connectivity index (χ4v) is 7.32. The van der Waals surface area contributed by atoms with E-state index in [0.717, 1.165) is 22.4 Å². The van der Waals surface area contributed by atoms with Crippen LogP contribution in [0.5, 0.6) is 5.75 Å². The number of nitrogens with two attached hydrogens (primary N) is 1. The predicted octanol–water partition coefficient (Wildman–Crippen LogP) is 5.21. The first-order valence-corrected chi connectivity index (χ1v) is 18.3. The molecule has 0 spiro atoms. The number of nitrogens with one attached hydrogen (secondary N) is 2. The minimum absolute atomic E-state index is 0.0346. The number of pyridine rings is 1. The van der Waals surface area contributed by atoms with Gasteiger partial charge in [0.15, 0.2) is 0 Å². The maximum absolute atomic E-state index is 14.0. The number of unbranched alkanes of at least 4 members (excludes halogenated alkanes) is 1. The monoisotopic (exact) mass is 804 g/mol. The molecule has 5 N–H and O–H groups in total. The minimum Gasteiger partial charge on any atom is -0.506 e. The summed E-state index contributed by atoms with van der Waals surface area (Å²) in [5, 5.41) is 16.2. The molecule has 0 bridgehead atoms. The highest BCUT2D eigenvalue weighted by molar-refractivity contribution is 9.11. The van der Waals surface area contributed by atoms with Gasteiger partial charge in [0.1, 0.15) is 17.8 Å². The van der Waals surface area contributed by atoms with Gasteiger partial charge in [0.25, 0.3) is 0 Å². The van der Waals surface area contributed by atoms with Crippen molar-refractivity contribution < 1.29 is 19.5 Å². The zero-order chi connectivity index (χ0) is 35.5. The second-order valence-corrected chi connectivity index (χ2v) is 14.0. The Morgan fingerprint density at radius 1 is 0.800 bits per heavy atom. The molecule has 1 aromatic heterocycles. The fourth-order valence-electron chi connectivity index (χ4n) is 6.04. The number of carbonyl (C=O) groups excluding carboxylic acids is 3. The summed E-state index contributed by atoms with van der Waals surface area (Å²) in [5.41, 5.74) is 10.4. The van der Waals surface area contributed by atoms with Crippen LogP contribution in [0, 0.1) is 0 Å². The first-order chi connectivity index (χ1) is 24.2. The van der Waals surface area contributed by atoms with Crippen LogP contribution in [0.4, 0.5) is 5.69 Å². The Labute approximate surface area is 309 Å². The van der Waals surface area contributed by atoms with E-state index < -0.39 is 18.0 Å². The Kier molecular flexibility index (Phi) is 13.4. The van der Waals surface area contributed by atoms with Crippen molar-refractivity contribution in [2.45, 2.75) is 44.2 Å². The molecule has 10 nitrogen and oxygen atoms in total. The van der Waals surface area contributed by atoms with Crippen LogP contribution in [-0.2, 0) is 27.2 Å². The molecule has 1 fully saturated rings. The summed E-state index contributed by atoms with van der Waals surface area (Å²) in [5.74, 6) is -0.900. The van der Waals surface area contributed by atoms with Crippen molar-refractivity contribution in [3.63, 3.8) is 0 Å². The molecule has 0 saturated carbocycles. The Morgan fingerprint density at radius 3 is 2.08 bits per heavy atom. The average molecular weight is 807 g/mol. The van der Waals surface area contributed by atoms with Gasteiger partial charge in [0, 0.05) is 50.7 Å². The molecule has 0 aliphatic carbocycles. The van der Waals surface area contributed by atoms with Crippen LogP contribution in [-0.4, -0.2) is 77.5 Å². The molecular weight excluding hydrogens is 764 g/mol. The maximum atomic E-state index is 14.0. The third kappa shape index (κ3) is 10.1. The largest absolute Gasteiger partial charge is 0.506 e. The summed E-state index contributed by atoms with van der Waals surface area (Å²) in [6.07, 6.45) is 5.52. The number of amides is 3. The van der Waals surface area contributed by atoms with Crippen LogP contribution in [0.15, 0.2) is 100 Å². The van der Waals surface area contributed by atoms with Crippen molar-refractivity contribution in [1.29, 1.82) is 0 Å². The molecule has 1 aliphatic heterocycles. The smallest absolute Gasteiger partial charge is 0.245 e. The molecule has 0 radical (unpaired) electrons. The number of nitrogens with zero attached hydrogens (tertiary/aromatic N) is 3. The third-order valence-electron chi connectivity index (χ3n) is 8.77. The summed E-state index contributed by atoms with van der Waals surface area (Å²) in [7, 11) is 0. The molecule has 1 aliphatic rings. The van der Waals surface area contributed by atoms with Gasteiger partial charge < -0.3 is 31.3 Å². The normalized spacial score (nSPS) is 14.1. The van der Waals surface area contributed by atoms with E-state index in [1.165, 1.54) is 0 Å². The average Bonchev–Trinajstić information content (AvgIpc) is 3.14. The molecule has 262 valence electrons. The van der Waals surface area contributed by atoms with E-state index in [2.05, 4.69) is 52.4 Å². The van der Waals surface area contributed by atoms with Crippen molar-refractivity contribution in [3.05, 3.63) is 111 Å². The second-order valence-electron chi connectivity index (χ2n) is 12.3. The van der Waals surface area contributed by atoms with Gasteiger partial charge in [0.05, 0.1) is 15.4 Å². The Morgan fingerprint density at radius 2 is 1.44 bits per heavy atom. The number of rotatable bonds is 14. The van der Waals surface area contributed by atoms with Crippen LogP contribution < -0.4 is 21.3 Å². The lowest BCUT2D eigenvalue weighted by molar-refractivity contribution is -0.137. The Hall–Kier alpha value is -4.26. The summed E-state index contributed by atoms with van der Waals surface area (Å²) < 4.78 is 0.901. The Bertz CT molecular complexity index is 1710. The van der Waals surface area contributed by atoms with Gasteiger partial charge in [-0.2, -0.15) is 0 Å². The SMILES string of the molecule is NCCCCC(NC(=O)[C@@H](Cc1cc(Br)c(O)c(Br)c1)NC(=O)Cc1ccc(-c2ccccc2)cc1)C(=O)N1CCN(c2ccncc2)CC1. The third-order valence-corrected chi connectivity index (χ3v) is 9.98. The van der Waals surface area contributed by atoms with Crippen molar-refractivity contribution in [2.75, 3.05) is 37.6 Å². The lowest BCUT2D eigenvalue weighted by atomic mass is 10.0.